The van der Waals surface area contributed by atoms with Crippen LogP contribution in [0.25, 0.3) is 0 Å². The number of carboxylic acids is 1. The largest absolute Gasteiger partial charge is 0.480 e. The summed E-state index contributed by atoms with van der Waals surface area (Å²) in [6.07, 6.45) is 3.90. The smallest absolute Gasteiger partial charge is 0.329 e. The van der Waals surface area contributed by atoms with Crippen molar-refractivity contribution in [1.82, 2.24) is 9.03 Å². The van der Waals surface area contributed by atoms with E-state index in [1.165, 1.54) is 4.31 Å². The molecule has 0 aromatic heterocycles. The van der Waals surface area contributed by atoms with Crippen molar-refractivity contribution in [2.24, 2.45) is 0 Å². The summed E-state index contributed by atoms with van der Waals surface area (Å²) < 4.78 is 32.4. The molecule has 1 aliphatic rings. The number of aliphatic carboxylic acids is 1. The van der Waals surface area contributed by atoms with Gasteiger partial charge in [-0.3, -0.25) is 0 Å². The number of nitrogens with one attached hydrogen (secondary N) is 1. The van der Waals surface area contributed by atoms with Gasteiger partial charge in [-0.1, -0.05) is 12.8 Å². The first-order chi connectivity index (χ1) is 8.52. The molecule has 0 spiro atoms. The molecule has 7 nitrogen and oxygen atoms in total. The Labute approximate surface area is 107 Å². The van der Waals surface area contributed by atoms with Crippen molar-refractivity contribution in [1.29, 1.82) is 0 Å². The van der Waals surface area contributed by atoms with Crippen LogP contribution >= 0.6 is 0 Å². The van der Waals surface area contributed by atoms with E-state index in [0.717, 1.165) is 25.7 Å². The number of rotatable bonds is 7. The molecule has 0 bridgehead atoms. The van der Waals surface area contributed by atoms with Crippen molar-refractivity contribution < 1.29 is 23.1 Å². The first-order valence-electron chi connectivity index (χ1n) is 6.06. The first kappa shape index (κ1) is 15.4. The van der Waals surface area contributed by atoms with Gasteiger partial charge >= 0.3 is 5.97 Å². The van der Waals surface area contributed by atoms with Crippen LogP contribution in [0.4, 0.5) is 0 Å². The normalized spacial score (nSPS) is 18.4. The Bertz CT molecular complexity index is 349. The van der Waals surface area contributed by atoms with E-state index in [9.17, 15) is 13.2 Å². The van der Waals surface area contributed by atoms with E-state index in [2.05, 4.69) is 4.72 Å². The molecule has 1 heterocycles. The van der Waals surface area contributed by atoms with Gasteiger partial charge < -0.3 is 9.84 Å². The molecule has 1 saturated heterocycles. The van der Waals surface area contributed by atoms with Gasteiger partial charge in [0.05, 0.1) is 6.61 Å². The third-order valence-corrected chi connectivity index (χ3v) is 4.28. The molecular formula is C10H20N2O5S. The number of ether oxygens (including phenoxy) is 1. The molecule has 0 radical (unpaired) electrons. The summed E-state index contributed by atoms with van der Waals surface area (Å²) in [6, 6.07) is 0. The van der Waals surface area contributed by atoms with Gasteiger partial charge in [-0.25, -0.2) is 4.79 Å². The molecule has 0 aromatic carbocycles. The van der Waals surface area contributed by atoms with Crippen LogP contribution in [0.5, 0.6) is 0 Å². The molecule has 0 saturated carbocycles. The fraction of sp³-hybridized carbons (Fsp3) is 0.900. The molecule has 0 atom stereocenters. The molecule has 1 rings (SSSR count). The third-order valence-electron chi connectivity index (χ3n) is 2.66. The lowest BCUT2D eigenvalue weighted by Gasteiger charge is -2.20. The monoisotopic (exact) mass is 280 g/mol. The zero-order valence-electron chi connectivity index (χ0n) is 10.3. The lowest BCUT2D eigenvalue weighted by molar-refractivity contribution is -0.142. The zero-order chi connectivity index (χ0) is 13.4. The minimum absolute atomic E-state index is 0.0549. The van der Waals surface area contributed by atoms with E-state index in [4.69, 9.17) is 9.84 Å². The molecule has 0 aromatic rings. The Balaban J connectivity index is 2.27. The van der Waals surface area contributed by atoms with Gasteiger partial charge in [0.15, 0.2) is 0 Å². The lowest BCUT2D eigenvalue weighted by atomic mass is 10.2. The summed E-state index contributed by atoms with van der Waals surface area (Å²) in [7, 11) is -3.45. The second-order valence-corrected chi connectivity index (χ2v) is 5.91. The summed E-state index contributed by atoms with van der Waals surface area (Å²) in [5.74, 6) is -1.06. The minimum Gasteiger partial charge on any atom is -0.480 e. The summed E-state index contributed by atoms with van der Waals surface area (Å²) in [5.41, 5.74) is 0. The fourth-order valence-corrected chi connectivity index (χ4v) is 3.04. The number of hydrogen-bond acceptors (Lipinski definition) is 4. The Morgan fingerprint density at radius 1 is 1.22 bits per heavy atom. The molecule has 0 aliphatic carbocycles. The maximum Gasteiger partial charge on any atom is 0.329 e. The Hall–Kier alpha value is -0.700. The van der Waals surface area contributed by atoms with Crippen LogP contribution < -0.4 is 4.72 Å². The summed E-state index contributed by atoms with van der Waals surface area (Å²) in [6.45, 7) is 0.827. The average Bonchev–Trinajstić information content (AvgIpc) is 2.56. The van der Waals surface area contributed by atoms with Gasteiger partial charge in [-0.2, -0.15) is 17.4 Å². The average molecular weight is 280 g/mol. The number of hydrogen-bond donors (Lipinski definition) is 2. The molecule has 8 heteroatoms. The summed E-state index contributed by atoms with van der Waals surface area (Å²) in [5, 5.41) is 8.34. The fourth-order valence-electron chi connectivity index (χ4n) is 1.78. The van der Waals surface area contributed by atoms with Crippen LogP contribution in [-0.2, 0) is 19.7 Å². The Morgan fingerprint density at radius 2 is 1.83 bits per heavy atom. The predicted octanol–water partition coefficient (Wildman–Crippen LogP) is -0.202. The predicted molar refractivity (Wildman–Crippen MR) is 65.4 cm³/mol. The third kappa shape index (κ3) is 5.76. The van der Waals surface area contributed by atoms with Gasteiger partial charge in [0.2, 0.25) is 0 Å². The highest BCUT2D eigenvalue weighted by Crippen LogP contribution is 2.11. The molecule has 106 valence electrons. The second kappa shape index (κ2) is 7.67. The van der Waals surface area contributed by atoms with Crippen molar-refractivity contribution in [3.8, 4) is 0 Å². The van der Waals surface area contributed by atoms with Crippen molar-refractivity contribution >= 4 is 16.2 Å². The number of nitrogens with zero attached hydrogens (tertiary/aromatic N) is 1. The van der Waals surface area contributed by atoms with Crippen LogP contribution in [0.2, 0.25) is 0 Å². The summed E-state index contributed by atoms with van der Waals surface area (Å²) >= 11 is 0. The highest BCUT2D eigenvalue weighted by molar-refractivity contribution is 7.87. The maximum atomic E-state index is 11.9. The van der Waals surface area contributed by atoms with Gasteiger partial charge in [0, 0.05) is 19.6 Å². The molecule has 0 amide bonds. The molecule has 1 fully saturated rings. The first-order valence-corrected chi connectivity index (χ1v) is 7.50. The van der Waals surface area contributed by atoms with Gasteiger partial charge in [-0.15, -0.1) is 0 Å². The molecule has 2 N–H and O–H groups in total. The molecule has 1 aliphatic heterocycles. The van der Waals surface area contributed by atoms with Crippen molar-refractivity contribution in [3.63, 3.8) is 0 Å². The topological polar surface area (TPSA) is 95.9 Å². The van der Waals surface area contributed by atoms with Crippen LogP contribution in [-0.4, -0.2) is 56.6 Å². The lowest BCUT2D eigenvalue weighted by Crippen LogP contribution is -2.42. The highest BCUT2D eigenvalue weighted by atomic mass is 32.2. The van der Waals surface area contributed by atoms with Crippen molar-refractivity contribution in [2.45, 2.75) is 25.7 Å². The summed E-state index contributed by atoms with van der Waals surface area (Å²) in [4.78, 5) is 10.2. The maximum absolute atomic E-state index is 11.9. The van der Waals surface area contributed by atoms with Crippen molar-refractivity contribution in [2.75, 3.05) is 32.8 Å². The molecular weight excluding hydrogens is 260 g/mol. The number of carboxylic acid groups (broad SMARTS) is 1. The van der Waals surface area contributed by atoms with Gasteiger partial charge in [0.1, 0.15) is 6.61 Å². The molecule has 0 unspecified atom stereocenters. The number of carbonyl (C=O) groups is 1. The van der Waals surface area contributed by atoms with Gasteiger partial charge in [-0.05, 0) is 12.8 Å². The van der Waals surface area contributed by atoms with E-state index < -0.39 is 22.8 Å². The van der Waals surface area contributed by atoms with Crippen LogP contribution in [0, 0.1) is 0 Å². The molecule has 18 heavy (non-hydrogen) atoms. The van der Waals surface area contributed by atoms with E-state index in [0.29, 0.717) is 13.1 Å². The van der Waals surface area contributed by atoms with E-state index in [1.54, 1.807) is 0 Å². The zero-order valence-corrected chi connectivity index (χ0v) is 11.1. The van der Waals surface area contributed by atoms with Gasteiger partial charge in [0.25, 0.3) is 10.2 Å². The Morgan fingerprint density at radius 3 is 2.39 bits per heavy atom. The Kier molecular flexibility index (Phi) is 6.55. The van der Waals surface area contributed by atoms with Crippen LogP contribution in [0.3, 0.4) is 0 Å². The second-order valence-electron chi connectivity index (χ2n) is 4.16. The van der Waals surface area contributed by atoms with E-state index >= 15 is 0 Å². The highest BCUT2D eigenvalue weighted by Gasteiger charge is 2.21. The quantitative estimate of drug-likeness (QED) is 0.630. The van der Waals surface area contributed by atoms with Crippen LogP contribution in [0.1, 0.15) is 25.7 Å². The SMILES string of the molecule is O=C(O)COCCNS(=O)(=O)N1CCCCCC1. The minimum atomic E-state index is -3.45. The van der Waals surface area contributed by atoms with E-state index in [1.807, 2.05) is 0 Å². The van der Waals surface area contributed by atoms with E-state index in [-0.39, 0.29) is 13.2 Å². The standard InChI is InChI=1S/C10H20N2O5S/c13-10(14)9-17-8-5-11-18(15,16)12-6-3-1-2-4-7-12/h11H,1-9H2,(H,13,14). The van der Waals surface area contributed by atoms with Crippen LogP contribution in [0.15, 0.2) is 0 Å². The van der Waals surface area contributed by atoms with Crippen molar-refractivity contribution in [3.05, 3.63) is 0 Å².